The van der Waals surface area contributed by atoms with Crippen molar-refractivity contribution in [2.24, 2.45) is 0 Å². The second kappa shape index (κ2) is 9.16. The summed E-state index contributed by atoms with van der Waals surface area (Å²) in [5.74, 6) is 0.0755. The van der Waals surface area contributed by atoms with Crippen LogP contribution in [0.2, 0.25) is 0 Å². The van der Waals surface area contributed by atoms with Gasteiger partial charge in [0.15, 0.2) is 0 Å². The van der Waals surface area contributed by atoms with Gasteiger partial charge in [-0.25, -0.2) is 9.37 Å². The predicted molar refractivity (Wildman–Crippen MR) is 112 cm³/mol. The number of aryl methyl sites for hydroxylation is 1. The fourth-order valence-corrected chi connectivity index (χ4v) is 4.30. The van der Waals surface area contributed by atoms with Crippen LogP contribution in [0.4, 0.5) is 4.39 Å². The normalized spacial score (nSPS) is 10.8. The van der Waals surface area contributed by atoms with Gasteiger partial charge in [-0.05, 0) is 49.1 Å². The number of thioether (sulfide) groups is 1. The summed E-state index contributed by atoms with van der Waals surface area (Å²) in [6.45, 7) is 2.12. The molecule has 28 heavy (non-hydrogen) atoms. The monoisotopic (exact) mass is 417 g/mol. The summed E-state index contributed by atoms with van der Waals surface area (Å²) in [5.41, 5.74) is 1.69. The topological polar surface area (TPSA) is 64.0 Å². The summed E-state index contributed by atoms with van der Waals surface area (Å²) in [7, 11) is 0. The minimum atomic E-state index is -0.431. The molecule has 0 unspecified atom stereocenters. The predicted octanol–water partition coefficient (Wildman–Crippen LogP) is 3.58. The number of halogens is 1. The van der Waals surface area contributed by atoms with Crippen molar-refractivity contribution in [1.82, 2.24) is 14.9 Å². The summed E-state index contributed by atoms with van der Waals surface area (Å²) in [5, 5.41) is 5.86. The van der Waals surface area contributed by atoms with Crippen LogP contribution in [0.15, 0.2) is 46.7 Å². The molecular formula is C20H20FN3O2S2. The van der Waals surface area contributed by atoms with E-state index in [0.717, 1.165) is 16.5 Å². The quantitative estimate of drug-likeness (QED) is 0.638. The van der Waals surface area contributed by atoms with E-state index in [2.05, 4.69) is 10.3 Å². The lowest BCUT2D eigenvalue weighted by molar-refractivity contribution is 0.0951. The van der Waals surface area contributed by atoms with E-state index in [4.69, 9.17) is 0 Å². The van der Waals surface area contributed by atoms with Crippen LogP contribution in [0.5, 0.6) is 0 Å². The van der Waals surface area contributed by atoms with Gasteiger partial charge in [0.1, 0.15) is 16.4 Å². The summed E-state index contributed by atoms with van der Waals surface area (Å²) in [4.78, 5) is 30.0. The minimum Gasteiger partial charge on any atom is -0.351 e. The van der Waals surface area contributed by atoms with E-state index in [1.54, 1.807) is 42.3 Å². The molecule has 5 nitrogen and oxygen atoms in total. The molecular weight excluding hydrogens is 397 g/mol. The lowest BCUT2D eigenvalue weighted by Crippen LogP contribution is -2.34. The second-order valence-electron chi connectivity index (χ2n) is 6.20. The van der Waals surface area contributed by atoms with Gasteiger partial charge in [0.2, 0.25) is 0 Å². The van der Waals surface area contributed by atoms with Crippen molar-refractivity contribution in [2.45, 2.75) is 19.1 Å². The molecule has 0 atom stereocenters. The number of hydrogen-bond donors (Lipinski definition) is 1. The molecule has 0 saturated carbocycles. The highest BCUT2D eigenvalue weighted by atomic mass is 32.2. The number of nitrogens with one attached hydrogen (secondary N) is 1. The summed E-state index contributed by atoms with van der Waals surface area (Å²) >= 11 is 3.33. The number of amides is 1. The molecule has 0 radical (unpaired) electrons. The van der Waals surface area contributed by atoms with E-state index in [1.165, 1.54) is 28.8 Å². The van der Waals surface area contributed by atoms with Gasteiger partial charge in [-0.2, -0.15) is 11.8 Å². The SMILES string of the molecule is CSCc1nc(CCNC(=O)c2c(C)ccn(-c3ccc(F)cc3)c2=O)cs1. The van der Waals surface area contributed by atoms with Gasteiger partial charge in [-0.3, -0.25) is 14.2 Å². The number of benzene rings is 1. The minimum absolute atomic E-state index is 0.0909. The van der Waals surface area contributed by atoms with Gasteiger partial charge in [0.25, 0.3) is 11.5 Å². The molecule has 1 amide bonds. The lowest BCUT2D eigenvalue weighted by atomic mass is 10.1. The Morgan fingerprint density at radius 3 is 2.75 bits per heavy atom. The van der Waals surface area contributed by atoms with Crippen molar-refractivity contribution in [3.63, 3.8) is 0 Å². The Bertz CT molecular complexity index is 1030. The van der Waals surface area contributed by atoms with Crippen molar-refractivity contribution in [2.75, 3.05) is 12.8 Å². The van der Waals surface area contributed by atoms with Crippen LogP contribution in [0.3, 0.4) is 0 Å². The van der Waals surface area contributed by atoms with Crippen LogP contribution >= 0.6 is 23.1 Å². The molecule has 0 aliphatic heterocycles. The van der Waals surface area contributed by atoms with Crippen LogP contribution in [0.1, 0.15) is 26.6 Å². The molecule has 2 heterocycles. The first-order valence-corrected chi connectivity index (χ1v) is 11.0. The van der Waals surface area contributed by atoms with Crippen molar-refractivity contribution in [3.8, 4) is 5.69 Å². The number of thiazole rings is 1. The van der Waals surface area contributed by atoms with Gasteiger partial charge in [0, 0.05) is 36.0 Å². The zero-order chi connectivity index (χ0) is 20.1. The van der Waals surface area contributed by atoms with Crippen molar-refractivity contribution < 1.29 is 9.18 Å². The maximum absolute atomic E-state index is 13.1. The van der Waals surface area contributed by atoms with E-state index in [9.17, 15) is 14.0 Å². The Balaban J connectivity index is 1.73. The Kier molecular flexibility index (Phi) is 6.64. The highest BCUT2D eigenvalue weighted by Crippen LogP contribution is 2.15. The smallest absolute Gasteiger partial charge is 0.268 e. The first kappa shape index (κ1) is 20.3. The Hall–Kier alpha value is -2.45. The molecule has 1 N–H and O–H groups in total. The molecule has 2 aromatic heterocycles. The number of pyridine rings is 1. The molecule has 8 heteroatoms. The van der Waals surface area contributed by atoms with Gasteiger partial charge in [-0.15, -0.1) is 11.3 Å². The zero-order valence-electron chi connectivity index (χ0n) is 15.6. The van der Waals surface area contributed by atoms with Crippen molar-refractivity contribution >= 4 is 29.0 Å². The summed E-state index contributed by atoms with van der Waals surface area (Å²) in [6.07, 6.45) is 4.22. The standard InChI is InChI=1S/C20H20FN3O2S2/c1-13-8-10-24(16-5-3-14(21)4-6-16)20(26)18(13)19(25)22-9-7-15-11-28-17(23-15)12-27-2/h3-6,8,10-11H,7,9,12H2,1-2H3,(H,22,25). The molecule has 0 aliphatic rings. The Morgan fingerprint density at radius 2 is 2.04 bits per heavy atom. The lowest BCUT2D eigenvalue weighted by Gasteiger charge is -2.11. The number of carbonyl (C=O) groups excluding carboxylic acids is 1. The molecule has 3 rings (SSSR count). The first-order chi connectivity index (χ1) is 13.5. The highest BCUT2D eigenvalue weighted by Gasteiger charge is 2.16. The van der Waals surface area contributed by atoms with E-state index in [0.29, 0.717) is 24.2 Å². The largest absolute Gasteiger partial charge is 0.351 e. The number of hydrogen-bond acceptors (Lipinski definition) is 5. The molecule has 146 valence electrons. The first-order valence-electron chi connectivity index (χ1n) is 8.68. The Morgan fingerprint density at radius 1 is 1.29 bits per heavy atom. The zero-order valence-corrected chi connectivity index (χ0v) is 17.2. The van der Waals surface area contributed by atoms with Crippen molar-refractivity contribution in [3.05, 3.63) is 79.9 Å². The van der Waals surface area contributed by atoms with Gasteiger partial charge in [0.05, 0.1) is 5.69 Å². The van der Waals surface area contributed by atoms with Crippen LogP contribution in [-0.4, -0.2) is 28.3 Å². The van der Waals surface area contributed by atoms with Crippen LogP contribution in [0, 0.1) is 12.7 Å². The molecule has 0 fully saturated rings. The molecule has 0 saturated heterocycles. The average molecular weight is 418 g/mol. The molecule has 0 bridgehead atoms. The van der Waals surface area contributed by atoms with E-state index < -0.39 is 11.5 Å². The fourth-order valence-electron chi connectivity index (χ4n) is 2.75. The summed E-state index contributed by atoms with van der Waals surface area (Å²) in [6, 6.07) is 7.26. The van der Waals surface area contributed by atoms with Crippen LogP contribution in [0.25, 0.3) is 5.69 Å². The van der Waals surface area contributed by atoms with E-state index in [-0.39, 0.29) is 11.4 Å². The molecule has 0 spiro atoms. The molecule has 0 aliphatic carbocycles. The van der Waals surface area contributed by atoms with Crippen LogP contribution in [-0.2, 0) is 12.2 Å². The summed E-state index contributed by atoms with van der Waals surface area (Å²) < 4.78 is 14.5. The van der Waals surface area contributed by atoms with Gasteiger partial charge >= 0.3 is 0 Å². The van der Waals surface area contributed by atoms with Gasteiger partial charge < -0.3 is 5.32 Å². The van der Waals surface area contributed by atoms with Crippen molar-refractivity contribution in [1.29, 1.82) is 0 Å². The third-order valence-electron chi connectivity index (χ3n) is 4.17. The second-order valence-corrected chi connectivity index (χ2v) is 8.01. The highest BCUT2D eigenvalue weighted by molar-refractivity contribution is 7.97. The average Bonchev–Trinajstić information content (AvgIpc) is 3.11. The molecule has 1 aromatic carbocycles. The van der Waals surface area contributed by atoms with Gasteiger partial charge in [-0.1, -0.05) is 0 Å². The van der Waals surface area contributed by atoms with E-state index in [1.807, 2.05) is 11.6 Å². The van der Waals surface area contributed by atoms with Crippen LogP contribution < -0.4 is 10.9 Å². The third-order valence-corrected chi connectivity index (χ3v) is 5.81. The number of aromatic nitrogens is 2. The molecule has 3 aromatic rings. The maximum Gasteiger partial charge on any atom is 0.268 e. The fraction of sp³-hybridized carbons (Fsp3) is 0.250. The Labute approximate surface area is 170 Å². The maximum atomic E-state index is 13.1. The number of nitrogens with zero attached hydrogens (tertiary/aromatic N) is 2. The van der Waals surface area contributed by atoms with E-state index >= 15 is 0 Å². The number of carbonyl (C=O) groups is 1. The number of rotatable bonds is 7. The third kappa shape index (κ3) is 4.69.